The van der Waals surface area contributed by atoms with Crippen LogP contribution in [0.15, 0.2) is 24.3 Å². The lowest BCUT2D eigenvalue weighted by atomic mass is 9.87. The maximum atomic E-state index is 12.5. The van der Waals surface area contributed by atoms with Gasteiger partial charge in [0.25, 0.3) is 0 Å². The molecule has 1 amide bonds. The summed E-state index contributed by atoms with van der Waals surface area (Å²) >= 11 is 0. The lowest BCUT2D eigenvalue weighted by Crippen LogP contribution is -2.36. The molecule has 21 heavy (non-hydrogen) atoms. The monoisotopic (exact) mass is 288 g/mol. The van der Waals surface area contributed by atoms with Gasteiger partial charge < -0.3 is 10.6 Å². The molecule has 0 fully saturated rings. The van der Waals surface area contributed by atoms with E-state index in [1.54, 1.807) is 0 Å². The van der Waals surface area contributed by atoms with Crippen LogP contribution < -0.4 is 5.73 Å². The number of hydrogen-bond donors (Lipinski definition) is 1. The largest absolute Gasteiger partial charge is 0.339 e. The lowest BCUT2D eigenvalue weighted by Gasteiger charge is -2.28. The van der Waals surface area contributed by atoms with E-state index >= 15 is 0 Å². The summed E-state index contributed by atoms with van der Waals surface area (Å²) in [6, 6.07) is 8.60. The molecule has 1 aliphatic rings. The summed E-state index contributed by atoms with van der Waals surface area (Å²) in [6.45, 7) is 6.48. The summed E-state index contributed by atoms with van der Waals surface area (Å²) in [4.78, 5) is 14.4. The van der Waals surface area contributed by atoms with Crippen molar-refractivity contribution in [1.29, 1.82) is 0 Å². The fourth-order valence-electron chi connectivity index (χ4n) is 3.34. The van der Waals surface area contributed by atoms with Crippen molar-refractivity contribution in [2.75, 3.05) is 7.05 Å². The van der Waals surface area contributed by atoms with E-state index < -0.39 is 0 Å². The van der Waals surface area contributed by atoms with Gasteiger partial charge in [0, 0.05) is 19.5 Å². The summed E-state index contributed by atoms with van der Waals surface area (Å²) in [7, 11) is 1.92. The van der Waals surface area contributed by atoms with Crippen LogP contribution in [-0.4, -0.2) is 23.9 Å². The molecular formula is C18H28N2O. The van der Waals surface area contributed by atoms with Crippen LogP contribution in [-0.2, 0) is 11.2 Å². The highest BCUT2D eigenvalue weighted by Gasteiger charge is 2.29. The van der Waals surface area contributed by atoms with E-state index in [4.69, 9.17) is 5.73 Å². The van der Waals surface area contributed by atoms with Crippen molar-refractivity contribution >= 4 is 5.91 Å². The molecule has 2 atom stereocenters. The van der Waals surface area contributed by atoms with E-state index in [2.05, 4.69) is 45.0 Å². The van der Waals surface area contributed by atoms with E-state index in [0.29, 0.717) is 6.42 Å². The normalized spacial score (nSPS) is 19.2. The number of hydrogen-bond acceptors (Lipinski definition) is 2. The van der Waals surface area contributed by atoms with Crippen molar-refractivity contribution < 1.29 is 4.79 Å². The van der Waals surface area contributed by atoms with Gasteiger partial charge in [0.05, 0.1) is 6.04 Å². The highest BCUT2D eigenvalue weighted by atomic mass is 16.2. The van der Waals surface area contributed by atoms with Gasteiger partial charge in [-0.25, -0.2) is 0 Å². The molecule has 2 rings (SSSR count). The fraction of sp³-hybridized carbons (Fsp3) is 0.611. The highest BCUT2D eigenvalue weighted by Crippen LogP contribution is 2.35. The molecule has 2 unspecified atom stereocenters. The molecule has 0 aromatic heterocycles. The molecule has 0 heterocycles. The molecular weight excluding hydrogens is 260 g/mol. The molecule has 0 radical (unpaired) electrons. The van der Waals surface area contributed by atoms with E-state index in [1.807, 2.05) is 11.9 Å². The SMILES string of the molecule is CN(C(=O)CC(N)CC(C)(C)C)C1CCc2ccccc21. The number of benzene rings is 1. The number of amides is 1. The van der Waals surface area contributed by atoms with Gasteiger partial charge in [-0.05, 0) is 35.8 Å². The van der Waals surface area contributed by atoms with Crippen molar-refractivity contribution in [1.82, 2.24) is 4.90 Å². The van der Waals surface area contributed by atoms with Crippen LogP contribution in [0.25, 0.3) is 0 Å². The molecule has 1 aliphatic carbocycles. The second-order valence-corrected chi connectivity index (χ2v) is 7.49. The Morgan fingerprint density at radius 2 is 2.05 bits per heavy atom. The molecule has 116 valence electrons. The van der Waals surface area contributed by atoms with Crippen molar-refractivity contribution in [3.05, 3.63) is 35.4 Å². The van der Waals surface area contributed by atoms with Crippen LogP contribution >= 0.6 is 0 Å². The van der Waals surface area contributed by atoms with E-state index in [0.717, 1.165) is 19.3 Å². The third-order valence-corrected chi connectivity index (χ3v) is 4.27. The number of nitrogens with zero attached hydrogens (tertiary/aromatic N) is 1. The second kappa shape index (κ2) is 6.18. The van der Waals surface area contributed by atoms with E-state index in [9.17, 15) is 4.79 Å². The van der Waals surface area contributed by atoms with Crippen molar-refractivity contribution in [2.24, 2.45) is 11.1 Å². The predicted molar refractivity (Wildman–Crippen MR) is 86.9 cm³/mol. The predicted octanol–water partition coefficient (Wildman–Crippen LogP) is 3.29. The summed E-state index contributed by atoms with van der Waals surface area (Å²) in [5, 5.41) is 0. The van der Waals surface area contributed by atoms with Gasteiger partial charge in [0.2, 0.25) is 5.91 Å². The average molecular weight is 288 g/mol. The van der Waals surface area contributed by atoms with Crippen LogP contribution in [0.1, 0.15) is 57.2 Å². The zero-order valence-electron chi connectivity index (χ0n) is 13.7. The number of fused-ring (bicyclic) bond motifs is 1. The Balaban J connectivity index is 1.98. The van der Waals surface area contributed by atoms with Gasteiger partial charge in [-0.2, -0.15) is 0 Å². The summed E-state index contributed by atoms with van der Waals surface area (Å²) in [5.74, 6) is 0.161. The number of carbonyl (C=O) groups is 1. The summed E-state index contributed by atoms with van der Waals surface area (Å²) in [6.07, 6.45) is 3.39. The smallest absolute Gasteiger partial charge is 0.224 e. The Labute approximate surface area is 128 Å². The zero-order chi connectivity index (χ0) is 15.6. The minimum Gasteiger partial charge on any atom is -0.339 e. The second-order valence-electron chi connectivity index (χ2n) is 7.49. The minimum absolute atomic E-state index is 0.0587. The molecule has 2 N–H and O–H groups in total. The molecule has 0 bridgehead atoms. The van der Waals surface area contributed by atoms with Crippen LogP contribution in [0.4, 0.5) is 0 Å². The standard InChI is InChI=1S/C18H28N2O/c1-18(2,3)12-14(19)11-17(21)20(4)16-10-9-13-7-5-6-8-15(13)16/h5-8,14,16H,9-12,19H2,1-4H3. The number of rotatable bonds is 4. The molecule has 1 aromatic rings. The number of carbonyl (C=O) groups excluding carboxylic acids is 1. The van der Waals surface area contributed by atoms with Gasteiger partial charge in [0.1, 0.15) is 0 Å². The first-order valence-corrected chi connectivity index (χ1v) is 7.87. The van der Waals surface area contributed by atoms with Crippen molar-refractivity contribution in [3.63, 3.8) is 0 Å². The van der Waals surface area contributed by atoms with Gasteiger partial charge in [-0.3, -0.25) is 4.79 Å². The zero-order valence-corrected chi connectivity index (χ0v) is 13.7. The van der Waals surface area contributed by atoms with E-state index in [-0.39, 0.29) is 23.4 Å². The molecule has 3 nitrogen and oxygen atoms in total. The molecule has 0 spiro atoms. The Morgan fingerprint density at radius 3 is 2.71 bits per heavy atom. The van der Waals surface area contributed by atoms with Crippen LogP contribution in [0, 0.1) is 5.41 Å². The quantitative estimate of drug-likeness (QED) is 0.924. The molecule has 1 aromatic carbocycles. The minimum atomic E-state index is -0.0587. The summed E-state index contributed by atoms with van der Waals surface area (Å²) in [5.41, 5.74) is 8.99. The third-order valence-electron chi connectivity index (χ3n) is 4.27. The first kappa shape index (κ1) is 16.0. The summed E-state index contributed by atoms with van der Waals surface area (Å²) < 4.78 is 0. The fourth-order valence-corrected chi connectivity index (χ4v) is 3.34. The Bertz CT molecular complexity index is 504. The Hall–Kier alpha value is -1.35. The van der Waals surface area contributed by atoms with Gasteiger partial charge in [0.15, 0.2) is 0 Å². The lowest BCUT2D eigenvalue weighted by molar-refractivity contribution is -0.132. The van der Waals surface area contributed by atoms with Crippen molar-refractivity contribution in [2.45, 2.75) is 58.5 Å². The molecule has 0 aliphatic heterocycles. The van der Waals surface area contributed by atoms with Crippen LogP contribution in [0.5, 0.6) is 0 Å². The van der Waals surface area contributed by atoms with Crippen LogP contribution in [0.2, 0.25) is 0 Å². The first-order chi connectivity index (χ1) is 9.78. The highest BCUT2D eigenvalue weighted by molar-refractivity contribution is 5.77. The third kappa shape index (κ3) is 4.07. The van der Waals surface area contributed by atoms with Crippen LogP contribution in [0.3, 0.4) is 0 Å². The first-order valence-electron chi connectivity index (χ1n) is 7.87. The van der Waals surface area contributed by atoms with Gasteiger partial charge in [-0.1, -0.05) is 45.0 Å². The topological polar surface area (TPSA) is 46.3 Å². The maximum Gasteiger partial charge on any atom is 0.224 e. The molecule has 3 heteroatoms. The van der Waals surface area contributed by atoms with E-state index in [1.165, 1.54) is 11.1 Å². The maximum absolute atomic E-state index is 12.5. The van der Waals surface area contributed by atoms with Crippen molar-refractivity contribution in [3.8, 4) is 0 Å². The Kier molecular flexibility index (Phi) is 4.72. The number of aryl methyl sites for hydroxylation is 1. The Morgan fingerprint density at radius 1 is 1.38 bits per heavy atom. The van der Waals surface area contributed by atoms with Gasteiger partial charge in [-0.15, -0.1) is 0 Å². The molecule has 0 saturated heterocycles. The molecule has 0 saturated carbocycles. The van der Waals surface area contributed by atoms with Gasteiger partial charge >= 0.3 is 0 Å². The average Bonchev–Trinajstić information content (AvgIpc) is 2.79. The number of nitrogens with two attached hydrogens (primary N) is 1.